The lowest BCUT2D eigenvalue weighted by Crippen LogP contribution is -2.43. The van der Waals surface area contributed by atoms with E-state index in [-0.39, 0.29) is 42.8 Å². The van der Waals surface area contributed by atoms with Crippen molar-refractivity contribution in [3.8, 4) is 0 Å². The zero-order chi connectivity index (χ0) is 31.7. The molecule has 4 aliphatic rings. The van der Waals surface area contributed by atoms with Gasteiger partial charge in [0.2, 0.25) is 23.6 Å². The van der Waals surface area contributed by atoms with Crippen LogP contribution in [0.4, 0.5) is 11.4 Å². The van der Waals surface area contributed by atoms with E-state index in [2.05, 4.69) is 0 Å². The number of hydrogen-bond acceptors (Lipinski definition) is 8. The van der Waals surface area contributed by atoms with Crippen molar-refractivity contribution in [3.05, 3.63) is 95.0 Å². The first-order valence-electron chi connectivity index (χ1n) is 15.0. The molecule has 1 aromatic heterocycles. The lowest BCUT2D eigenvalue weighted by Gasteiger charge is -2.43. The maximum Gasteiger partial charge on any atom is 0.238 e. The summed E-state index contributed by atoms with van der Waals surface area (Å²) in [7, 11) is 0. The van der Waals surface area contributed by atoms with E-state index in [4.69, 9.17) is 4.42 Å². The fraction of sp³-hybridized carbons (Fsp3) is 0.314. The second kappa shape index (κ2) is 10.6. The number of carbonyl (C=O) groups is 6. The molecular weight excluding hydrogens is 576 g/mol. The number of aliphatic hydroxyl groups excluding tert-OH is 1. The van der Waals surface area contributed by atoms with Crippen LogP contribution in [-0.4, -0.2) is 40.3 Å². The Kier molecular flexibility index (Phi) is 6.77. The number of imide groups is 2. The van der Waals surface area contributed by atoms with Gasteiger partial charge in [-0.05, 0) is 93.3 Å². The number of furan rings is 1. The number of allylic oxidation sites excluding steroid dienone is 2. The first-order chi connectivity index (χ1) is 21.6. The lowest BCUT2D eigenvalue weighted by molar-refractivity contribution is -0.126. The van der Waals surface area contributed by atoms with E-state index in [9.17, 15) is 33.9 Å². The van der Waals surface area contributed by atoms with Crippen LogP contribution in [0.1, 0.15) is 64.8 Å². The van der Waals surface area contributed by atoms with Gasteiger partial charge in [-0.15, -0.1) is 0 Å². The first kappa shape index (κ1) is 28.8. The zero-order valence-corrected chi connectivity index (χ0v) is 24.6. The first-order valence-corrected chi connectivity index (χ1v) is 15.0. The van der Waals surface area contributed by atoms with E-state index >= 15 is 0 Å². The van der Waals surface area contributed by atoms with Crippen molar-refractivity contribution in [2.75, 3.05) is 9.80 Å². The van der Waals surface area contributed by atoms with Crippen LogP contribution in [0.3, 0.4) is 0 Å². The molecule has 0 spiro atoms. The Hall–Kier alpha value is -4.96. The minimum absolute atomic E-state index is 0.132. The molecule has 0 radical (unpaired) electrons. The van der Waals surface area contributed by atoms with Crippen molar-refractivity contribution in [3.63, 3.8) is 0 Å². The SMILES string of the molecule is CC(=O)c1ccc(N2C(=O)C3CC=C4C(CC5C(=O)N(c6ccc(C(C)=O)cc6)C(=O)C5C4c4ccc(CO)o4)C3C2=O)cc1. The molecule has 1 N–H and O–H groups in total. The van der Waals surface area contributed by atoms with Gasteiger partial charge in [-0.1, -0.05) is 11.6 Å². The molecule has 2 aliphatic heterocycles. The molecule has 3 fully saturated rings. The molecule has 6 atom stereocenters. The van der Waals surface area contributed by atoms with E-state index in [0.29, 0.717) is 34.0 Å². The minimum Gasteiger partial charge on any atom is -0.463 e. The monoisotopic (exact) mass is 606 g/mol. The van der Waals surface area contributed by atoms with Crippen molar-refractivity contribution in [1.82, 2.24) is 0 Å². The highest BCUT2D eigenvalue weighted by Crippen LogP contribution is 2.58. The van der Waals surface area contributed by atoms with Crippen LogP contribution < -0.4 is 9.80 Å². The van der Waals surface area contributed by atoms with E-state index < -0.39 is 47.3 Å². The van der Waals surface area contributed by atoms with Gasteiger partial charge in [-0.25, -0.2) is 0 Å². The molecule has 2 aliphatic carbocycles. The van der Waals surface area contributed by atoms with Crippen LogP contribution in [0.15, 0.2) is 76.7 Å². The molecule has 6 unspecified atom stereocenters. The van der Waals surface area contributed by atoms with Gasteiger partial charge in [0.25, 0.3) is 0 Å². The lowest BCUT2D eigenvalue weighted by atomic mass is 9.58. The number of aliphatic hydroxyl groups is 1. The summed E-state index contributed by atoms with van der Waals surface area (Å²) >= 11 is 0. The van der Waals surface area contributed by atoms with Gasteiger partial charge in [-0.3, -0.25) is 38.6 Å². The predicted octanol–water partition coefficient (Wildman–Crippen LogP) is 4.22. The molecule has 228 valence electrons. The Labute approximate surface area is 258 Å². The number of carbonyl (C=O) groups excluding carboxylic acids is 6. The third-order valence-corrected chi connectivity index (χ3v) is 9.86. The molecule has 10 heteroatoms. The molecule has 45 heavy (non-hydrogen) atoms. The summed E-state index contributed by atoms with van der Waals surface area (Å²) < 4.78 is 5.98. The summed E-state index contributed by atoms with van der Waals surface area (Å²) in [6.07, 6.45) is 2.40. The highest BCUT2D eigenvalue weighted by molar-refractivity contribution is 6.24. The molecule has 2 aromatic carbocycles. The summed E-state index contributed by atoms with van der Waals surface area (Å²) in [5, 5.41) is 9.72. The maximum atomic E-state index is 14.1. The van der Waals surface area contributed by atoms with Gasteiger partial charge in [0, 0.05) is 11.1 Å². The number of amides is 4. The molecule has 4 amide bonds. The molecular formula is C35H30N2O8. The molecule has 7 rings (SSSR count). The average Bonchev–Trinajstić information content (AvgIpc) is 3.69. The fourth-order valence-corrected chi connectivity index (χ4v) is 7.75. The van der Waals surface area contributed by atoms with Crippen molar-refractivity contribution in [2.24, 2.45) is 29.6 Å². The smallest absolute Gasteiger partial charge is 0.238 e. The number of nitrogens with zero attached hydrogens (tertiary/aromatic N) is 2. The summed E-state index contributed by atoms with van der Waals surface area (Å²) in [6.45, 7) is 2.53. The van der Waals surface area contributed by atoms with Crippen molar-refractivity contribution >= 4 is 46.6 Å². The van der Waals surface area contributed by atoms with Gasteiger partial charge in [0.05, 0.1) is 41.0 Å². The Morgan fingerprint density at radius 3 is 1.76 bits per heavy atom. The Morgan fingerprint density at radius 1 is 0.711 bits per heavy atom. The van der Waals surface area contributed by atoms with Gasteiger partial charge in [0.15, 0.2) is 11.6 Å². The highest BCUT2D eigenvalue weighted by Gasteiger charge is 2.62. The summed E-state index contributed by atoms with van der Waals surface area (Å²) in [4.78, 5) is 81.9. The van der Waals surface area contributed by atoms with Gasteiger partial charge in [-0.2, -0.15) is 0 Å². The Bertz CT molecular complexity index is 1820. The quantitative estimate of drug-likeness (QED) is 0.250. The normalized spacial score (nSPS) is 27.3. The molecule has 3 aromatic rings. The van der Waals surface area contributed by atoms with Gasteiger partial charge < -0.3 is 9.52 Å². The zero-order valence-electron chi connectivity index (χ0n) is 24.6. The minimum atomic E-state index is -0.816. The predicted molar refractivity (Wildman–Crippen MR) is 160 cm³/mol. The molecule has 2 saturated heterocycles. The largest absolute Gasteiger partial charge is 0.463 e. The van der Waals surface area contributed by atoms with E-state index in [0.717, 1.165) is 10.5 Å². The van der Waals surface area contributed by atoms with Crippen LogP contribution in [0, 0.1) is 29.6 Å². The second-order valence-electron chi connectivity index (χ2n) is 12.2. The number of benzene rings is 2. The molecule has 3 heterocycles. The third-order valence-electron chi connectivity index (χ3n) is 9.86. The fourth-order valence-electron chi connectivity index (χ4n) is 7.75. The Balaban J connectivity index is 1.28. The number of hydrogen-bond donors (Lipinski definition) is 1. The number of rotatable bonds is 6. The summed E-state index contributed by atoms with van der Waals surface area (Å²) in [6, 6.07) is 16.0. The Morgan fingerprint density at radius 2 is 1.24 bits per heavy atom. The average molecular weight is 607 g/mol. The van der Waals surface area contributed by atoms with E-state index in [1.807, 2.05) is 6.08 Å². The van der Waals surface area contributed by atoms with Gasteiger partial charge >= 0.3 is 0 Å². The van der Waals surface area contributed by atoms with E-state index in [1.165, 1.54) is 18.7 Å². The van der Waals surface area contributed by atoms with Crippen molar-refractivity contribution in [1.29, 1.82) is 0 Å². The topological polar surface area (TPSA) is 142 Å². The maximum absolute atomic E-state index is 14.1. The summed E-state index contributed by atoms with van der Waals surface area (Å²) in [5.74, 6) is -5.26. The van der Waals surface area contributed by atoms with Crippen LogP contribution in [0.2, 0.25) is 0 Å². The second-order valence-corrected chi connectivity index (χ2v) is 12.2. The van der Waals surface area contributed by atoms with Crippen molar-refractivity contribution in [2.45, 2.75) is 39.2 Å². The number of fused-ring (bicyclic) bond motifs is 4. The molecule has 1 saturated carbocycles. The van der Waals surface area contributed by atoms with Crippen molar-refractivity contribution < 1.29 is 38.3 Å². The highest BCUT2D eigenvalue weighted by atomic mass is 16.4. The van der Waals surface area contributed by atoms with Crippen LogP contribution in [-0.2, 0) is 25.8 Å². The standard InChI is InChI=1S/C35H30N2O8/c1-17(39)19-3-7-21(8-4-19)36-32(41)25-13-12-24-26(29(25)34(36)43)15-27-31(30(24)28-14-11-23(16-38)45-28)35(44)37(33(27)42)22-9-5-20(6-10-22)18(2)40/h3-12,14,25-27,29-31,38H,13,15-16H2,1-2H3. The number of ketones is 2. The summed E-state index contributed by atoms with van der Waals surface area (Å²) in [5.41, 5.74) is 2.42. The molecule has 10 nitrogen and oxygen atoms in total. The van der Waals surface area contributed by atoms with E-state index in [1.54, 1.807) is 60.7 Å². The van der Waals surface area contributed by atoms with Gasteiger partial charge in [0.1, 0.15) is 18.1 Å². The van der Waals surface area contributed by atoms with Crippen LogP contribution in [0.25, 0.3) is 0 Å². The molecule has 0 bridgehead atoms. The number of anilines is 2. The van der Waals surface area contributed by atoms with Crippen LogP contribution >= 0.6 is 0 Å². The van der Waals surface area contributed by atoms with Crippen LogP contribution in [0.5, 0.6) is 0 Å². The third kappa shape index (κ3) is 4.34. The number of Topliss-reactive ketones (excluding diaryl/α,β-unsaturated/α-hetero) is 2.